The Morgan fingerprint density at radius 3 is 2.28 bits per heavy atom. The van der Waals surface area contributed by atoms with Gasteiger partial charge in [-0.3, -0.25) is 24.7 Å². The van der Waals surface area contributed by atoms with Gasteiger partial charge in [0.1, 0.15) is 22.8 Å². The second kappa shape index (κ2) is 10.8. The van der Waals surface area contributed by atoms with Crippen LogP contribution in [-0.4, -0.2) is 94.2 Å². The molecule has 3 aliphatic carbocycles. The van der Waals surface area contributed by atoms with Crippen molar-refractivity contribution in [1.82, 2.24) is 21.1 Å². The number of primary amides is 1. The number of likely N-dealkylation sites (N-methyl/N-ethyl adjacent to an activating group) is 1. The Morgan fingerprint density at radius 1 is 1.12 bits per heavy atom. The molecule has 0 spiro atoms. The minimum Gasteiger partial charge on any atom is -0.510 e. The molecule has 4 atom stereocenters. The van der Waals surface area contributed by atoms with Crippen molar-refractivity contribution in [2.75, 3.05) is 33.1 Å². The van der Waals surface area contributed by atoms with E-state index < -0.39 is 69.6 Å². The smallest absolute Gasteiger partial charge is 0.329 e. The third kappa shape index (κ3) is 5.19. The van der Waals surface area contributed by atoms with E-state index >= 15 is 0 Å². The monoisotopic (exact) mass is 600 g/mol. The zero-order chi connectivity index (χ0) is 32.3. The van der Waals surface area contributed by atoms with Crippen molar-refractivity contribution < 1.29 is 39.6 Å². The lowest BCUT2D eigenvalue weighted by Crippen LogP contribution is -2.63. The summed E-state index contributed by atoms with van der Waals surface area (Å²) in [7, 11) is 6.68. The molecule has 1 aromatic rings. The van der Waals surface area contributed by atoms with Gasteiger partial charge in [-0.1, -0.05) is 0 Å². The number of nitrogens with one attached hydrogen (secondary N) is 3. The number of phenols is 1. The van der Waals surface area contributed by atoms with E-state index in [0.717, 1.165) is 0 Å². The number of hydrazine groups is 1. The number of rotatable bonds is 6. The van der Waals surface area contributed by atoms with Gasteiger partial charge in [0.05, 0.1) is 11.6 Å². The molecule has 0 heterocycles. The van der Waals surface area contributed by atoms with Crippen molar-refractivity contribution in [3.05, 3.63) is 45.4 Å². The number of aliphatic hydroxyl groups excluding tert-OH is 2. The molecule has 1 aromatic carbocycles. The number of hydrogen-bond donors (Lipinski definition) is 8. The fourth-order valence-electron chi connectivity index (χ4n) is 6.48. The number of nitrogens with zero attached hydrogens (tertiary/aromatic N) is 2. The number of anilines is 1. The number of carbonyl (C=O) groups is 4. The quantitative estimate of drug-likeness (QED) is 0.164. The lowest BCUT2D eigenvalue weighted by molar-refractivity contribution is -0.148. The maximum absolute atomic E-state index is 14.1. The predicted molar refractivity (Wildman–Crippen MR) is 156 cm³/mol. The van der Waals surface area contributed by atoms with Gasteiger partial charge in [0, 0.05) is 48.9 Å². The highest BCUT2D eigenvalue weighted by atomic mass is 16.3. The average molecular weight is 601 g/mol. The molecule has 4 rings (SSSR count). The molecule has 0 saturated carbocycles. The highest BCUT2D eigenvalue weighted by Gasteiger charge is 2.63. The van der Waals surface area contributed by atoms with Gasteiger partial charge in [-0.2, -0.15) is 0 Å². The fourth-order valence-corrected chi connectivity index (χ4v) is 6.48. The number of phenolic OH excluding ortho intramolecular Hbond substituents is 1. The second-order valence-electron chi connectivity index (χ2n) is 12.8. The van der Waals surface area contributed by atoms with E-state index in [4.69, 9.17) is 5.73 Å². The van der Waals surface area contributed by atoms with Crippen molar-refractivity contribution in [2.45, 2.75) is 57.3 Å². The molecule has 0 aliphatic heterocycles. The number of allylic oxidation sites excluding steroid dienone is 1. The van der Waals surface area contributed by atoms with Crippen LogP contribution in [-0.2, 0) is 22.6 Å². The third-order valence-electron chi connectivity index (χ3n) is 8.23. The Hall–Kier alpha value is -4.14. The zero-order valence-corrected chi connectivity index (χ0v) is 25.3. The van der Waals surface area contributed by atoms with Gasteiger partial charge in [0.2, 0.25) is 5.78 Å². The van der Waals surface area contributed by atoms with Crippen LogP contribution >= 0.6 is 0 Å². The number of benzene rings is 1. The summed E-state index contributed by atoms with van der Waals surface area (Å²) in [6.07, 6.45) is 0.158. The Kier molecular flexibility index (Phi) is 8.02. The van der Waals surface area contributed by atoms with Crippen LogP contribution in [0.1, 0.15) is 48.7 Å². The van der Waals surface area contributed by atoms with E-state index in [0.29, 0.717) is 11.3 Å². The second-order valence-corrected chi connectivity index (χ2v) is 12.8. The summed E-state index contributed by atoms with van der Waals surface area (Å²) >= 11 is 0. The summed E-state index contributed by atoms with van der Waals surface area (Å²) in [5, 5.41) is 48.2. The number of fused-ring (bicyclic) bond motifs is 3. The normalized spacial score (nSPS) is 25.3. The van der Waals surface area contributed by atoms with Gasteiger partial charge in [-0.25, -0.2) is 10.2 Å². The Balaban J connectivity index is 1.81. The number of aliphatic hydroxyl groups is 3. The SMILES string of the molecule is CN(C)c1cc(CNNC(=O)NC(C)(C)C)c(O)c2c1CC1C[C@H]3[C@H](N(C)C)C(O)=C(C(N)=O)C(=O)[C@@]3(O)C(O)=C1C2=O. The maximum Gasteiger partial charge on any atom is 0.329 e. The molecule has 14 heteroatoms. The molecule has 234 valence electrons. The van der Waals surface area contributed by atoms with Crippen molar-refractivity contribution in [3.63, 3.8) is 0 Å². The molecule has 14 nitrogen and oxygen atoms in total. The van der Waals surface area contributed by atoms with Crippen LogP contribution in [0.3, 0.4) is 0 Å². The van der Waals surface area contributed by atoms with Crippen molar-refractivity contribution in [3.8, 4) is 5.75 Å². The maximum atomic E-state index is 14.1. The van der Waals surface area contributed by atoms with Crippen LogP contribution < -0.4 is 26.8 Å². The average Bonchev–Trinajstić information content (AvgIpc) is 2.85. The van der Waals surface area contributed by atoms with Gasteiger partial charge < -0.3 is 36.4 Å². The standard InChI is InChI=1S/C29H40N6O8/c1-28(2,3)32-27(42)33-31-11-13-10-16(34(4)5)14-8-12-9-15-20(35(6)7)23(38)19(26(30)41)25(40)29(15,43)24(39)17(12)22(37)18(14)21(13)36/h10,12,15,20,31,36,38-39,43H,8-9,11H2,1-7H3,(H2,30,41)(H2,32,33,42)/t12?,15-,20-,29-/m0/s1. The molecular formula is C29H40N6O8. The molecule has 0 aromatic heterocycles. The van der Waals surface area contributed by atoms with Gasteiger partial charge in [0.15, 0.2) is 11.4 Å². The fraction of sp³-hybridized carbons (Fsp3) is 0.517. The first-order valence-corrected chi connectivity index (χ1v) is 13.8. The molecule has 1 unspecified atom stereocenters. The summed E-state index contributed by atoms with van der Waals surface area (Å²) in [5.41, 5.74) is 7.56. The predicted octanol–water partition coefficient (Wildman–Crippen LogP) is 0.289. The first-order valence-electron chi connectivity index (χ1n) is 13.8. The van der Waals surface area contributed by atoms with Crippen molar-refractivity contribution >= 4 is 29.2 Å². The van der Waals surface area contributed by atoms with Crippen LogP contribution in [0.2, 0.25) is 0 Å². The lowest BCUT2D eigenvalue weighted by atomic mass is 9.58. The number of ketones is 2. The van der Waals surface area contributed by atoms with Crippen LogP contribution in [0, 0.1) is 11.8 Å². The molecule has 0 bridgehead atoms. The first kappa shape index (κ1) is 31.8. The molecule has 0 fully saturated rings. The summed E-state index contributed by atoms with van der Waals surface area (Å²) in [6.45, 7) is 5.37. The van der Waals surface area contributed by atoms with Gasteiger partial charge >= 0.3 is 6.03 Å². The number of Topliss-reactive ketones (excluding diaryl/α,β-unsaturated/α-hetero) is 2. The van der Waals surface area contributed by atoms with E-state index in [9.17, 15) is 39.6 Å². The summed E-state index contributed by atoms with van der Waals surface area (Å²) in [4.78, 5) is 55.2. The van der Waals surface area contributed by atoms with E-state index in [1.54, 1.807) is 39.2 Å². The molecule has 0 radical (unpaired) electrons. The Labute approximate surface area is 249 Å². The van der Waals surface area contributed by atoms with Crippen LogP contribution in [0.15, 0.2) is 28.7 Å². The lowest BCUT2D eigenvalue weighted by Gasteiger charge is -2.50. The number of carbonyl (C=O) groups excluding carboxylic acids is 4. The van der Waals surface area contributed by atoms with Crippen molar-refractivity contribution in [2.24, 2.45) is 17.6 Å². The van der Waals surface area contributed by atoms with E-state index in [1.165, 1.54) is 4.90 Å². The van der Waals surface area contributed by atoms with Gasteiger partial charge in [-0.05, 0) is 65.3 Å². The number of amides is 3. The number of hydrogen-bond acceptors (Lipinski definition) is 11. The summed E-state index contributed by atoms with van der Waals surface area (Å²) in [6, 6.07) is 0.121. The summed E-state index contributed by atoms with van der Waals surface area (Å²) < 4.78 is 0. The van der Waals surface area contributed by atoms with Gasteiger partial charge in [0.25, 0.3) is 5.91 Å². The summed E-state index contributed by atoms with van der Waals surface area (Å²) in [5.74, 6) is -7.09. The molecule has 9 N–H and O–H groups in total. The van der Waals surface area contributed by atoms with Crippen LogP contribution in [0.5, 0.6) is 5.75 Å². The number of aromatic hydroxyl groups is 1. The van der Waals surface area contributed by atoms with E-state index in [1.807, 2.05) is 20.8 Å². The number of urea groups is 1. The molecule has 43 heavy (non-hydrogen) atoms. The minimum atomic E-state index is -2.71. The molecule has 0 saturated heterocycles. The first-order chi connectivity index (χ1) is 19.8. The van der Waals surface area contributed by atoms with E-state index in [-0.39, 0.29) is 41.8 Å². The van der Waals surface area contributed by atoms with E-state index in [2.05, 4.69) is 16.2 Å². The topological polar surface area (TPSA) is 218 Å². The third-order valence-corrected chi connectivity index (χ3v) is 8.23. The largest absolute Gasteiger partial charge is 0.510 e. The van der Waals surface area contributed by atoms with Crippen LogP contribution in [0.4, 0.5) is 10.5 Å². The van der Waals surface area contributed by atoms with Crippen molar-refractivity contribution in [1.29, 1.82) is 0 Å². The Morgan fingerprint density at radius 2 is 1.74 bits per heavy atom. The van der Waals surface area contributed by atoms with Crippen LogP contribution in [0.25, 0.3) is 0 Å². The highest BCUT2D eigenvalue weighted by Crippen LogP contribution is 2.53. The van der Waals surface area contributed by atoms with Gasteiger partial charge in [-0.15, -0.1) is 0 Å². The molecule has 3 aliphatic rings. The minimum absolute atomic E-state index is 0.00446. The highest BCUT2D eigenvalue weighted by molar-refractivity contribution is 6.25. The molecule has 3 amide bonds. The Bertz CT molecular complexity index is 1470. The molecular weight excluding hydrogens is 560 g/mol. The number of nitrogens with two attached hydrogens (primary N) is 1. The zero-order valence-electron chi connectivity index (χ0n) is 25.3.